The van der Waals surface area contributed by atoms with E-state index in [1.54, 1.807) is 7.11 Å². The van der Waals surface area contributed by atoms with E-state index in [9.17, 15) is 15.0 Å². The van der Waals surface area contributed by atoms with Crippen molar-refractivity contribution in [2.75, 3.05) is 19.0 Å². The number of phenols is 1. The monoisotopic (exact) mass is 821 g/mol. The van der Waals surface area contributed by atoms with Crippen LogP contribution in [-0.2, 0) is 41.8 Å². The van der Waals surface area contributed by atoms with Gasteiger partial charge in [-0.1, -0.05) is 87.6 Å². The molecule has 3 N–H and O–H groups in total. The molecule has 0 saturated heterocycles. The summed E-state index contributed by atoms with van der Waals surface area (Å²) in [6, 6.07) is 18.6. The number of aliphatic hydroxyl groups excluding tert-OH is 1. The number of hydrogen-bond donors (Lipinski definition) is 3. The summed E-state index contributed by atoms with van der Waals surface area (Å²) in [6.45, 7) is 7.79. The number of ketones is 1. The lowest BCUT2D eigenvalue weighted by Crippen LogP contribution is -2.24. The van der Waals surface area contributed by atoms with E-state index in [-0.39, 0.29) is 47.9 Å². The summed E-state index contributed by atoms with van der Waals surface area (Å²) in [5.74, 6) is 5.33. The Kier molecular flexibility index (Phi) is 14.8. The number of ether oxygens (including phenoxy) is 3. The van der Waals surface area contributed by atoms with Crippen molar-refractivity contribution in [3.05, 3.63) is 124 Å². The second-order valence-electron chi connectivity index (χ2n) is 17.1. The highest BCUT2D eigenvalue weighted by Gasteiger charge is 2.27. The molecule has 2 aliphatic carbocycles. The van der Waals surface area contributed by atoms with Crippen molar-refractivity contribution >= 4 is 28.3 Å². The summed E-state index contributed by atoms with van der Waals surface area (Å²) >= 11 is 0. The van der Waals surface area contributed by atoms with Crippen LogP contribution in [0.3, 0.4) is 0 Å². The van der Waals surface area contributed by atoms with Gasteiger partial charge in [-0.15, -0.1) is 0 Å². The lowest BCUT2D eigenvalue weighted by atomic mass is 9.80. The van der Waals surface area contributed by atoms with Crippen molar-refractivity contribution in [1.29, 1.82) is 0 Å². The Bertz CT molecular complexity index is 2340. The van der Waals surface area contributed by atoms with Crippen LogP contribution < -0.4 is 14.8 Å². The molecule has 4 aromatic rings. The minimum absolute atomic E-state index is 0.0112. The third-order valence-electron chi connectivity index (χ3n) is 12.8. The zero-order valence-electron chi connectivity index (χ0n) is 36.5. The number of Topliss-reactive ketones (excluding diaryl/α,β-unsaturated/α-hetero) is 1. The third-order valence-corrected chi connectivity index (χ3v) is 12.8. The van der Waals surface area contributed by atoms with Gasteiger partial charge in [0.05, 0.1) is 7.11 Å². The predicted octanol–water partition coefficient (Wildman–Crippen LogP) is 12.3. The molecule has 320 valence electrons. The van der Waals surface area contributed by atoms with E-state index in [1.165, 1.54) is 36.1 Å². The van der Waals surface area contributed by atoms with Crippen LogP contribution in [0.1, 0.15) is 123 Å². The molecule has 0 unspecified atom stereocenters. The zero-order valence-corrected chi connectivity index (χ0v) is 36.5. The normalized spacial score (nSPS) is 19.9. The molecule has 4 aliphatic rings. The molecule has 6 bridgehead atoms. The fourth-order valence-corrected chi connectivity index (χ4v) is 9.47. The van der Waals surface area contributed by atoms with E-state index >= 15 is 0 Å². The molecule has 0 aromatic heterocycles. The van der Waals surface area contributed by atoms with Crippen LogP contribution in [0, 0.1) is 23.9 Å². The molecule has 4 aromatic carbocycles. The molecule has 2 heterocycles. The second kappa shape index (κ2) is 20.8. The van der Waals surface area contributed by atoms with Crippen molar-refractivity contribution < 1.29 is 29.2 Å². The number of hydrogen-bond acceptors (Lipinski definition) is 7. The summed E-state index contributed by atoms with van der Waals surface area (Å²) in [5.41, 5.74) is 9.09. The maximum Gasteiger partial charge on any atom is 0.161 e. The Morgan fingerprint density at radius 2 is 1.80 bits per heavy atom. The van der Waals surface area contributed by atoms with Gasteiger partial charge < -0.3 is 29.7 Å². The van der Waals surface area contributed by atoms with Crippen LogP contribution in [0.15, 0.2) is 84.7 Å². The van der Waals surface area contributed by atoms with Gasteiger partial charge in [-0.05, 0) is 144 Å². The molecule has 0 spiro atoms. The van der Waals surface area contributed by atoms with Gasteiger partial charge in [-0.25, -0.2) is 0 Å². The van der Waals surface area contributed by atoms with Crippen LogP contribution in [0.4, 0.5) is 5.69 Å². The molecular formula is C54H63NO6. The number of phenolic OH excluding ortho intramolecular Hbond substituents is 1. The first-order valence-electron chi connectivity index (χ1n) is 22.6. The van der Waals surface area contributed by atoms with Gasteiger partial charge in [0.25, 0.3) is 0 Å². The molecule has 0 amide bonds. The van der Waals surface area contributed by atoms with E-state index < -0.39 is 6.10 Å². The number of carbonyl (C=O) groups excluding carboxylic acids is 1. The summed E-state index contributed by atoms with van der Waals surface area (Å²) in [7, 11) is 1.64. The fraction of sp³-hybridized carbons (Fsp3) is 0.426. The number of allylic oxidation sites excluding steroid dienone is 4. The van der Waals surface area contributed by atoms with Crippen molar-refractivity contribution in [1.82, 2.24) is 0 Å². The Balaban J connectivity index is 1.11. The molecule has 7 nitrogen and oxygen atoms in total. The lowest BCUT2D eigenvalue weighted by molar-refractivity contribution is -0.121. The minimum Gasteiger partial charge on any atom is -0.508 e. The highest BCUT2D eigenvalue weighted by Crippen LogP contribution is 2.42. The van der Waals surface area contributed by atoms with Crippen LogP contribution in [0.5, 0.6) is 17.2 Å². The quantitative estimate of drug-likeness (QED) is 0.0861. The van der Waals surface area contributed by atoms with Crippen LogP contribution >= 0.6 is 0 Å². The first kappa shape index (κ1) is 43.5. The number of rotatable bonds is 14. The number of aliphatic hydroxyl groups is 1. The Morgan fingerprint density at radius 1 is 0.934 bits per heavy atom. The predicted molar refractivity (Wildman–Crippen MR) is 248 cm³/mol. The van der Waals surface area contributed by atoms with Crippen molar-refractivity contribution in [3.63, 3.8) is 0 Å². The average molecular weight is 822 g/mol. The smallest absolute Gasteiger partial charge is 0.161 e. The number of aromatic hydroxyl groups is 1. The Hall–Kier alpha value is -5.61. The fourth-order valence-electron chi connectivity index (χ4n) is 9.47. The lowest BCUT2D eigenvalue weighted by Gasteiger charge is -2.28. The molecule has 0 saturated carbocycles. The van der Waals surface area contributed by atoms with E-state index in [0.29, 0.717) is 37.4 Å². The van der Waals surface area contributed by atoms with E-state index in [1.807, 2.05) is 36.4 Å². The second-order valence-corrected chi connectivity index (χ2v) is 17.1. The summed E-state index contributed by atoms with van der Waals surface area (Å²) in [5, 5.41) is 27.7. The zero-order chi connectivity index (χ0) is 42.7. The van der Waals surface area contributed by atoms with Crippen LogP contribution in [0.2, 0.25) is 0 Å². The average Bonchev–Trinajstić information content (AvgIpc) is 3.25. The Labute approximate surface area is 362 Å². The number of fused-ring (bicyclic) bond motifs is 9. The number of methoxy groups -OCH3 is 1. The summed E-state index contributed by atoms with van der Waals surface area (Å²) in [6.07, 6.45) is 23.5. The molecule has 7 heteroatoms. The van der Waals surface area contributed by atoms with Gasteiger partial charge in [0.15, 0.2) is 11.5 Å². The van der Waals surface area contributed by atoms with E-state index in [4.69, 9.17) is 14.2 Å². The highest BCUT2D eigenvalue weighted by atomic mass is 16.5. The maximum atomic E-state index is 13.7. The van der Waals surface area contributed by atoms with Gasteiger partial charge >= 0.3 is 0 Å². The number of benzene rings is 4. The summed E-state index contributed by atoms with van der Waals surface area (Å²) in [4.78, 5) is 13.7. The minimum atomic E-state index is -0.474. The Morgan fingerprint density at radius 3 is 2.64 bits per heavy atom. The molecular weight excluding hydrogens is 759 g/mol. The van der Waals surface area contributed by atoms with Crippen molar-refractivity contribution in [2.24, 2.45) is 11.8 Å². The largest absolute Gasteiger partial charge is 0.508 e. The number of aryl methyl sites for hydroxylation is 2. The van der Waals surface area contributed by atoms with Crippen LogP contribution in [-0.4, -0.2) is 35.8 Å². The SMILES string of the molecule is CCCCCc1c(CCCC[C@H]2C=CC(O)=C[C@@H]2C[C@@H]2CC(=O)CCc3ccc(OC)c(c3)OCc3ccc4c(c(O)cc5c4c3C=C[C@H]5C)CC#CO2)cccc1NCC. The third kappa shape index (κ3) is 10.7. The van der Waals surface area contributed by atoms with Gasteiger partial charge in [0, 0.05) is 43.0 Å². The van der Waals surface area contributed by atoms with Crippen molar-refractivity contribution in [3.8, 4) is 29.3 Å². The van der Waals surface area contributed by atoms with Gasteiger partial charge in [0.1, 0.15) is 36.1 Å². The maximum absolute atomic E-state index is 13.7. The topological polar surface area (TPSA) is 97.3 Å². The number of anilines is 1. The van der Waals surface area contributed by atoms with Crippen LogP contribution in [0.25, 0.3) is 16.8 Å². The molecule has 4 atom stereocenters. The standard InChI is InChI=1S/C54H63NO6/c1-5-7-8-16-45-39(15-11-18-50(45)55-6-2)14-10-9-13-38-22-25-42(56)31-41(38)32-44-33-43(57)24-20-37-21-28-52(59-4)53(30-37)61-35-40-23-27-48-47(17-12-29-60-44)51(58)34-49-36(3)19-26-46(40)54(48)49/h11,15,18-19,21-23,25-28,30-31,34,36,38,41,44,55-56,58H,5-10,13-14,16-17,20,24,32-33,35H2,1-4H3/t36-,38+,41-,44-/m1/s1. The molecule has 8 rings (SSSR count). The highest BCUT2D eigenvalue weighted by molar-refractivity contribution is 6.00. The van der Waals surface area contributed by atoms with Crippen molar-refractivity contribution in [2.45, 2.75) is 123 Å². The van der Waals surface area contributed by atoms with Gasteiger partial charge in [0.2, 0.25) is 0 Å². The number of carbonyl (C=O) groups is 1. The first-order chi connectivity index (χ1) is 29.8. The first-order valence-corrected chi connectivity index (χ1v) is 22.6. The van der Waals surface area contributed by atoms with Gasteiger partial charge in [-0.3, -0.25) is 4.79 Å². The summed E-state index contributed by atoms with van der Waals surface area (Å²) < 4.78 is 18.4. The van der Waals surface area contributed by atoms with E-state index in [2.05, 4.69) is 86.7 Å². The molecule has 2 aliphatic heterocycles. The number of nitrogens with one attached hydrogen (secondary N) is 1. The number of unbranched alkanes of at least 4 members (excludes halogenated alkanes) is 3. The van der Waals surface area contributed by atoms with E-state index in [0.717, 1.165) is 77.2 Å². The molecule has 0 fully saturated rings. The molecule has 61 heavy (non-hydrogen) atoms. The molecule has 0 radical (unpaired) electrons. The van der Waals surface area contributed by atoms with Gasteiger partial charge in [-0.2, -0.15) is 0 Å².